The van der Waals surface area contributed by atoms with Crippen LogP contribution in [0.2, 0.25) is 0 Å². The fourth-order valence-corrected chi connectivity index (χ4v) is 5.50. The van der Waals surface area contributed by atoms with Crippen LogP contribution in [0.3, 0.4) is 0 Å². The van der Waals surface area contributed by atoms with Crippen LogP contribution in [-0.2, 0) is 19.4 Å². The summed E-state index contributed by atoms with van der Waals surface area (Å²) in [6.07, 6.45) is 2.90. The molecule has 1 N–H and O–H groups in total. The van der Waals surface area contributed by atoms with Gasteiger partial charge in [-0.2, -0.15) is 5.26 Å². The van der Waals surface area contributed by atoms with Crippen LogP contribution in [0, 0.1) is 36.5 Å². The molecule has 1 aromatic carbocycles. The van der Waals surface area contributed by atoms with E-state index in [1.54, 1.807) is 12.1 Å². The molecule has 0 radical (unpaired) electrons. The molecule has 0 saturated carbocycles. The highest BCUT2D eigenvalue weighted by atomic mass is 32.1. The summed E-state index contributed by atoms with van der Waals surface area (Å²) in [5.74, 6) is 1.75. The first-order valence-corrected chi connectivity index (χ1v) is 12.1. The Hall–Kier alpha value is -3.04. The van der Waals surface area contributed by atoms with E-state index in [1.165, 1.54) is 21.8 Å². The number of benzene rings is 1. The third kappa shape index (κ3) is 4.99. The molecule has 172 valence electrons. The van der Waals surface area contributed by atoms with Crippen molar-refractivity contribution in [3.05, 3.63) is 69.0 Å². The summed E-state index contributed by atoms with van der Waals surface area (Å²) < 4.78 is 11.5. The van der Waals surface area contributed by atoms with E-state index < -0.39 is 0 Å². The maximum atomic E-state index is 12.8. The van der Waals surface area contributed by atoms with Crippen molar-refractivity contribution in [2.45, 2.75) is 60.5 Å². The molecule has 6 heteroatoms. The number of carbonyl (C=O) groups is 1. The average Bonchev–Trinajstić information content (AvgIpc) is 3.37. The van der Waals surface area contributed by atoms with Crippen molar-refractivity contribution >= 4 is 22.2 Å². The van der Waals surface area contributed by atoms with Crippen molar-refractivity contribution in [2.75, 3.05) is 5.32 Å². The summed E-state index contributed by atoms with van der Waals surface area (Å²) >= 11 is 1.53. The van der Waals surface area contributed by atoms with Crippen LogP contribution < -0.4 is 10.1 Å². The number of amides is 1. The summed E-state index contributed by atoms with van der Waals surface area (Å²) in [5, 5.41) is 13.3. The van der Waals surface area contributed by atoms with E-state index in [0.717, 1.165) is 36.1 Å². The summed E-state index contributed by atoms with van der Waals surface area (Å²) in [4.78, 5) is 14.1. The van der Waals surface area contributed by atoms with E-state index in [1.807, 2.05) is 25.1 Å². The lowest BCUT2D eigenvalue weighted by Gasteiger charge is -2.33. The van der Waals surface area contributed by atoms with Crippen LogP contribution >= 0.6 is 11.3 Å². The quantitative estimate of drug-likeness (QED) is 0.452. The van der Waals surface area contributed by atoms with Crippen molar-refractivity contribution < 1.29 is 13.9 Å². The minimum absolute atomic E-state index is 0.205. The molecule has 0 saturated heterocycles. The number of anilines is 1. The zero-order chi connectivity index (χ0) is 23.8. The average molecular weight is 463 g/mol. The van der Waals surface area contributed by atoms with Crippen LogP contribution in [0.25, 0.3) is 0 Å². The monoisotopic (exact) mass is 462 g/mol. The van der Waals surface area contributed by atoms with E-state index in [2.05, 4.69) is 39.1 Å². The molecule has 33 heavy (non-hydrogen) atoms. The standard InChI is InChI=1S/C27H30N2O3S/c1-16-6-8-19(12-17(16)2)31-15-20-9-11-23(32-20)25(30)29-26-22(14-28)21-10-7-18(27(3,4)5)13-24(21)33-26/h6,8-9,11-12,18H,7,10,13,15H2,1-5H3,(H,29,30)/t18-/m1/s1. The maximum absolute atomic E-state index is 12.8. The minimum Gasteiger partial charge on any atom is -0.486 e. The predicted octanol–water partition coefficient (Wildman–Crippen LogP) is 6.81. The fourth-order valence-electron chi connectivity index (χ4n) is 4.23. The molecule has 0 fully saturated rings. The zero-order valence-electron chi connectivity index (χ0n) is 19.9. The number of nitrogens with zero attached hydrogens (tertiary/aromatic N) is 1. The van der Waals surface area contributed by atoms with Crippen LogP contribution in [0.4, 0.5) is 5.00 Å². The van der Waals surface area contributed by atoms with Crippen LogP contribution in [0.1, 0.15) is 70.6 Å². The second-order valence-corrected chi connectivity index (χ2v) is 11.0. The van der Waals surface area contributed by atoms with Crippen LogP contribution in [0.5, 0.6) is 5.75 Å². The molecular weight excluding hydrogens is 432 g/mol. The Bertz CT molecular complexity index is 1220. The topological polar surface area (TPSA) is 75.3 Å². The lowest BCUT2D eigenvalue weighted by molar-refractivity contribution is 0.0993. The summed E-state index contributed by atoms with van der Waals surface area (Å²) in [6.45, 7) is 11.1. The first-order valence-electron chi connectivity index (χ1n) is 11.3. The van der Waals surface area contributed by atoms with Gasteiger partial charge in [-0.15, -0.1) is 11.3 Å². The normalized spacial score (nSPS) is 15.6. The molecule has 1 aliphatic carbocycles. The molecule has 2 heterocycles. The van der Waals surface area contributed by atoms with Gasteiger partial charge >= 0.3 is 0 Å². The third-order valence-electron chi connectivity index (χ3n) is 6.57. The van der Waals surface area contributed by atoms with Crippen molar-refractivity contribution in [1.82, 2.24) is 0 Å². The van der Waals surface area contributed by atoms with Gasteiger partial charge in [0.25, 0.3) is 5.91 Å². The highest BCUT2D eigenvalue weighted by molar-refractivity contribution is 7.16. The van der Waals surface area contributed by atoms with E-state index in [9.17, 15) is 10.1 Å². The van der Waals surface area contributed by atoms with Crippen molar-refractivity contribution in [3.8, 4) is 11.8 Å². The van der Waals surface area contributed by atoms with E-state index in [4.69, 9.17) is 9.15 Å². The Kier molecular flexibility index (Phi) is 6.36. The Labute approximate surface area is 199 Å². The molecule has 0 spiro atoms. The number of ether oxygens (including phenoxy) is 1. The van der Waals surface area contributed by atoms with E-state index in [0.29, 0.717) is 22.2 Å². The lowest BCUT2D eigenvalue weighted by Crippen LogP contribution is -2.26. The highest BCUT2D eigenvalue weighted by Gasteiger charge is 2.32. The third-order valence-corrected chi connectivity index (χ3v) is 7.74. The van der Waals surface area contributed by atoms with Crippen molar-refractivity contribution in [2.24, 2.45) is 11.3 Å². The van der Waals surface area contributed by atoms with Gasteiger partial charge in [0.1, 0.15) is 29.2 Å². The van der Waals surface area contributed by atoms with E-state index >= 15 is 0 Å². The number of hydrogen-bond acceptors (Lipinski definition) is 5. The summed E-state index contributed by atoms with van der Waals surface area (Å²) in [7, 11) is 0. The van der Waals surface area contributed by atoms with Crippen LogP contribution in [-0.4, -0.2) is 5.91 Å². The molecule has 4 rings (SSSR count). The molecule has 1 amide bonds. The fraction of sp³-hybridized carbons (Fsp3) is 0.407. The largest absolute Gasteiger partial charge is 0.486 e. The van der Waals surface area contributed by atoms with Crippen LogP contribution in [0.15, 0.2) is 34.7 Å². The maximum Gasteiger partial charge on any atom is 0.292 e. The zero-order valence-corrected chi connectivity index (χ0v) is 20.7. The van der Waals surface area contributed by atoms with Crippen molar-refractivity contribution in [3.63, 3.8) is 0 Å². The van der Waals surface area contributed by atoms with Gasteiger partial charge in [0.05, 0.1) is 5.56 Å². The number of hydrogen-bond donors (Lipinski definition) is 1. The second-order valence-electron chi connectivity index (χ2n) is 9.88. The molecule has 5 nitrogen and oxygen atoms in total. The first kappa shape index (κ1) is 23.1. The molecule has 0 unspecified atom stereocenters. The molecule has 0 aliphatic heterocycles. The second kappa shape index (κ2) is 9.07. The molecule has 1 aliphatic rings. The Morgan fingerprint density at radius 1 is 1.24 bits per heavy atom. The number of thiophene rings is 1. The molecule has 0 bridgehead atoms. The van der Waals surface area contributed by atoms with Gasteiger partial charge < -0.3 is 14.5 Å². The molecule has 3 aromatic rings. The minimum atomic E-state index is -0.352. The van der Waals surface area contributed by atoms with Gasteiger partial charge in [0, 0.05) is 4.88 Å². The van der Waals surface area contributed by atoms with Gasteiger partial charge in [-0.25, -0.2) is 0 Å². The number of rotatable bonds is 5. The van der Waals surface area contributed by atoms with Gasteiger partial charge in [0.15, 0.2) is 5.76 Å². The number of nitrogens with one attached hydrogen (secondary N) is 1. The smallest absolute Gasteiger partial charge is 0.292 e. The number of nitriles is 1. The number of carbonyl (C=O) groups excluding carboxylic acids is 1. The highest BCUT2D eigenvalue weighted by Crippen LogP contribution is 2.44. The number of aryl methyl sites for hydroxylation is 2. The number of furan rings is 1. The Morgan fingerprint density at radius 2 is 2.03 bits per heavy atom. The summed E-state index contributed by atoms with van der Waals surface area (Å²) in [5.41, 5.74) is 4.29. The predicted molar refractivity (Wildman–Crippen MR) is 131 cm³/mol. The molecule has 2 aromatic heterocycles. The van der Waals surface area contributed by atoms with E-state index in [-0.39, 0.29) is 23.7 Å². The molecular formula is C27H30N2O3S. The lowest BCUT2D eigenvalue weighted by atomic mass is 9.72. The van der Waals surface area contributed by atoms with Gasteiger partial charge in [-0.1, -0.05) is 26.8 Å². The Balaban J connectivity index is 1.44. The molecule has 1 atom stereocenters. The SMILES string of the molecule is Cc1ccc(OCc2ccc(C(=O)Nc3sc4c(c3C#N)CC[C@@H](C(C)(C)C)C4)o2)cc1C. The van der Waals surface area contributed by atoms with Gasteiger partial charge in [-0.05, 0) is 85.4 Å². The van der Waals surface area contributed by atoms with Gasteiger partial charge in [0.2, 0.25) is 0 Å². The Morgan fingerprint density at radius 3 is 2.73 bits per heavy atom. The van der Waals surface area contributed by atoms with Crippen molar-refractivity contribution in [1.29, 1.82) is 5.26 Å². The first-order chi connectivity index (χ1) is 15.7. The van der Waals surface area contributed by atoms with Gasteiger partial charge in [-0.3, -0.25) is 4.79 Å². The number of fused-ring (bicyclic) bond motifs is 1. The summed E-state index contributed by atoms with van der Waals surface area (Å²) in [6, 6.07) is 11.6.